The highest BCUT2D eigenvalue weighted by atomic mass is 16.5. The number of aryl methyl sites for hydroxylation is 1. The molecular weight excluding hydrogens is 356 g/mol. The van der Waals surface area contributed by atoms with E-state index in [2.05, 4.69) is 10.3 Å². The van der Waals surface area contributed by atoms with E-state index in [4.69, 9.17) is 9.47 Å². The fourth-order valence-electron chi connectivity index (χ4n) is 3.62. The zero-order valence-corrected chi connectivity index (χ0v) is 15.7. The molecule has 1 amide bonds. The summed E-state index contributed by atoms with van der Waals surface area (Å²) in [6.07, 6.45) is 2.78. The van der Waals surface area contributed by atoms with Crippen molar-refractivity contribution in [1.29, 1.82) is 0 Å². The van der Waals surface area contributed by atoms with Crippen LogP contribution >= 0.6 is 0 Å². The number of hydrogen-bond acceptors (Lipinski definition) is 4. The summed E-state index contributed by atoms with van der Waals surface area (Å²) in [5.74, 6) is 1.09. The lowest BCUT2D eigenvalue weighted by atomic mass is 10.1. The van der Waals surface area contributed by atoms with E-state index in [0.29, 0.717) is 18.0 Å². The summed E-state index contributed by atoms with van der Waals surface area (Å²) < 4.78 is 10.9. The van der Waals surface area contributed by atoms with Gasteiger partial charge in [0.25, 0.3) is 11.5 Å². The molecule has 6 heteroatoms. The van der Waals surface area contributed by atoms with Crippen molar-refractivity contribution in [2.75, 3.05) is 18.5 Å². The van der Waals surface area contributed by atoms with Gasteiger partial charge in [-0.25, -0.2) is 0 Å². The molecule has 0 radical (unpaired) electrons. The average Bonchev–Trinajstić information content (AvgIpc) is 3.18. The van der Waals surface area contributed by atoms with Crippen LogP contribution in [0.2, 0.25) is 0 Å². The first-order chi connectivity index (χ1) is 13.6. The van der Waals surface area contributed by atoms with Crippen LogP contribution in [0, 0.1) is 0 Å². The Morgan fingerprint density at radius 1 is 1.04 bits per heavy atom. The first-order valence-corrected chi connectivity index (χ1v) is 9.47. The number of carbonyl (C=O) groups is 1. The highest BCUT2D eigenvalue weighted by molar-refractivity contribution is 5.95. The van der Waals surface area contributed by atoms with E-state index >= 15 is 0 Å². The quantitative estimate of drug-likeness (QED) is 0.689. The third-order valence-electron chi connectivity index (χ3n) is 4.87. The van der Waals surface area contributed by atoms with Gasteiger partial charge < -0.3 is 19.8 Å². The molecule has 2 aromatic carbocycles. The molecule has 1 aliphatic rings. The second kappa shape index (κ2) is 7.76. The number of rotatable bonds is 6. The number of nitrogens with one attached hydrogen (secondary N) is 2. The maximum atomic E-state index is 12.2. The lowest BCUT2D eigenvalue weighted by Crippen LogP contribution is -2.20. The summed E-state index contributed by atoms with van der Waals surface area (Å²) in [6, 6.07) is 12.7. The number of benzene rings is 2. The van der Waals surface area contributed by atoms with Gasteiger partial charge in [0.15, 0.2) is 6.61 Å². The Hall–Kier alpha value is -3.28. The van der Waals surface area contributed by atoms with Crippen molar-refractivity contribution in [3.8, 4) is 11.5 Å². The molecule has 1 aliphatic carbocycles. The van der Waals surface area contributed by atoms with Crippen LogP contribution in [0.5, 0.6) is 11.5 Å². The SMILES string of the molecule is CCOc1ccc(OCC(=O)Nc2ccc3c4c(c(=O)[nH]c3c2)CCC4)cc1. The van der Waals surface area contributed by atoms with Gasteiger partial charge >= 0.3 is 0 Å². The Labute approximate surface area is 162 Å². The van der Waals surface area contributed by atoms with E-state index in [9.17, 15) is 9.59 Å². The molecule has 4 rings (SSSR count). The number of carbonyl (C=O) groups excluding carboxylic acids is 1. The average molecular weight is 378 g/mol. The van der Waals surface area contributed by atoms with Crippen LogP contribution < -0.4 is 20.3 Å². The van der Waals surface area contributed by atoms with E-state index in [1.165, 1.54) is 0 Å². The predicted molar refractivity (Wildman–Crippen MR) is 108 cm³/mol. The van der Waals surface area contributed by atoms with E-state index in [-0.39, 0.29) is 18.1 Å². The fourth-order valence-corrected chi connectivity index (χ4v) is 3.62. The van der Waals surface area contributed by atoms with E-state index in [1.54, 1.807) is 30.3 Å². The van der Waals surface area contributed by atoms with Crippen molar-refractivity contribution in [3.63, 3.8) is 0 Å². The molecule has 1 heterocycles. The number of hydrogen-bond donors (Lipinski definition) is 2. The summed E-state index contributed by atoms with van der Waals surface area (Å²) in [4.78, 5) is 27.4. The molecule has 0 spiro atoms. The fraction of sp³-hybridized carbons (Fsp3) is 0.273. The minimum Gasteiger partial charge on any atom is -0.494 e. The van der Waals surface area contributed by atoms with Crippen LogP contribution in [0.15, 0.2) is 47.3 Å². The molecule has 0 atom stereocenters. The van der Waals surface area contributed by atoms with Crippen LogP contribution in [0.1, 0.15) is 24.5 Å². The van der Waals surface area contributed by atoms with Crippen molar-refractivity contribution < 1.29 is 14.3 Å². The monoisotopic (exact) mass is 378 g/mol. The van der Waals surface area contributed by atoms with Crippen molar-refractivity contribution in [1.82, 2.24) is 4.98 Å². The molecule has 3 aromatic rings. The highest BCUT2D eigenvalue weighted by Gasteiger charge is 2.18. The number of pyridine rings is 1. The Bertz CT molecular complexity index is 1070. The van der Waals surface area contributed by atoms with Crippen LogP contribution in [0.4, 0.5) is 5.69 Å². The third-order valence-corrected chi connectivity index (χ3v) is 4.87. The third kappa shape index (κ3) is 3.71. The molecule has 0 unspecified atom stereocenters. The minimum atomic E-state index is -0.267. The van der Waals surface area contributed by atoms with Gasteiger partial charge in [-0.15, -0.1) is 0 Å². The zero-order chi connectivity index (χ0) is 19.5. The first kappa shape index (κ1) is 18.1. The topological polar surface area (TPSA) is 80.4 Å². The molecule has 0 saturated heterocycles. The molecule has 2 N–H and O–H groups in total. The second-order valence-electron chi connectivity index (χ2n) is 6.77. The number of ether oxygens (including phenoxy) is 2. The van der Waals surface area contributed by atoms with Gasteiger partial charge in [-0.3, -0.25) is 9.59 Å². The summed E-state index contributed by atoms with van der Waals surface area (Å²) in [5.41, 5.74) is 3.38. The van der Waals surface area contributed by atoms with Crippen LogP contribution in [0.25, 0.3) is 10.9 Å². The van der Waals surface area contributed by atoms with Crippen LogP contribution in [0.3, 0.4) is 0 Å². The molecule has 144 valence electrons. The van der Waals surface area contributed by atoms with Gasteiger partial charge in [-0.1, -0.05) is 6.07 Å². The molecule has 0 aliphatic heterocycles. The number of anilines is 1. The molecule has 1 aromatic heterocycles. The number of fused-ring (bicyclic) bond motifs is 3. The Morgan fingerprint density at radius 3 is 2.50 bits per heavy atom. The maximum absolute atomic E-state index is 12.2. The second-order valence-corrected chi connectivity index (χ2v) is 6.77. The van der Waals surface area contributed by atoms with Crippen molar-refractivity contribution in [2.24, 2.45) is 0 Å². The van der Waals surface area contributed by atoms with Gasteiger partial charge in [0, 0.05) is 16.6 Å². The largest absolute Gasteiger partial charge is 0.494 e. The van der Waals surface area contributed by atoms with Crippen molar-refractivity contribution in [2.45, 2.75) is 26.2 Å². The Morgan fingerprint density at radius 2 is 1.75 bits per heavy atom. The van der Waals surface area contributed by atoms with Crippen LogP contribution in [-0.4, -0.2) is 24.1 Å². The first-order valence-electron chi connectivity index (χ1n) is 9.47. The smallest absolute Gasteiger partial charge is 0.262 e. The lowest BCUT2D eigenvalue weighted by molar-refractivity contribution is -0.118. The molecule has 6 nitrogen and oxygen atoms in total. The molecule has 0 fully saturated rings. The summed E-state index contributed by atoms with van der Waals surface area (Å²) in [7, 11) is 0. The summed E-state index contributed by atoms with van der Waals surface area (Å²) >= 11 is 0. The van der Waals surface area contributed by atoms with Gasteiger partial charge in [-0.2, -0.15) is 0 Å². The van der Waals surface area contributed by atoms with E-state index in [1.807, 2.05) is 19.1 Å². The van der Waals surface area contributed by atoms with Crippen molar-refractivity contribution in [3.05, 3.63) is 63.9 Å². The molecule has 28 heavy (non-hydrogen) atoms. The summed E-state index contributed by atoms with van der Waals surface area (Å²) in [6.45, 7) is 2.42. The van der Waals surface area contributed by atoms with E-state index < -0.39 is 0 Å². The molecule has 0 bridgehead atoms. The van der Waals surface area contributed by atoms with Gasteiger partial charge in [0.05, 0.1) is 12.1 Å². The molecule has 0 saturated carbocycles. The number of H-pyrrole nitrogens is 1. The Balaban J connectivity index is 1.42. The van der Waals surface area contributed by atoms with Crippen molar-refractivity contribution >= 4 is 22.5 Å². The number of aromatic amines is 1. The number of aromatic nitrogens is 1. The molecular formula is C22H22N2O4. The predicted octanol–water partition coefficient (Wildman–Crippen LogP) is 3.43. The summed E-state index contributed by atoms with van der Waals surface area (Å²) in [5, 5.41) is 3.86. The minimum absolute atomic E-state index is 0.0256. The van der Waals surface area contributed by atoms with Crippen LogP contribution in [-0.2, 0) is 17.6 Å². The Kier molecular flexibility index (Phi) is 5.02. The van der Waals surface area contributed by atoms with Gasteiger partial charge in [-0.05, 0) is 68.1 Å². The lowest BCUT2D eigenvalue weighted by Gasteiger charge is -2.10. The zero-order valence-electron chi connectivity index (χ0n) is 15.7. The standard InChI is InChI=1S/C22H22N2O4/c1-2-27-15-7-9-16(10-8-15)28-13-21(25)23-14-6-11-18-17-4-3-5-19(17)22(26)24-20(18)12-14/h6-12H,2-5,13H2,1H3,(H,23,25)(H,24,26). The maximum Gasteiger partial charge on any atom is 0.262 e. The van der Waals surface area contributed by atoms with Gasteiger partial charge in [0.1, 0.15) is 11.5 Å². The van der Waals surface area contributed by atoms with E-state index in [0.717, 1.165) is 47.0 Å². The highest BCUT2D eigenvalue weighted by Crippen LogP contribution is 2.27. The number of amides is 1. The normalized spacial score (nSPS) is 12.6. The van der Waals surface area contributed by atoms with Gasteiger partial charge in [0.2, 0.25) is 0 Å².